The molecule has 2 N–H and O–H groups in total. The number of hydrazine groups is 1. The van der Waals surface area contributed by atoms with Crippen LogP contribution in [0.1, 0.15) is 15.9 Å². The lowest BCUT2D eigenvalue weighted by Gasteiger charge is -2.05. The van der Waals surface area contributed by atoms with Gasteiger partial charge >= 0.3 is 0 Å². The van der Waals surface area contributed by atoms with Gasteiger partial charge in [-0.1, -0.05) is 23.7 Å². The Kier molecular flexibility index (Phi) is 6.29. The van der Waals surface area contributed by atoms with Gasteiger partial charge in [0.25, 0.3) is 17.5 Å². The maximum Gasteiger partial charge on any atom is 0.288 e. The minimum absolute atomic E-state index is 0.0134. The lowest BCUT2D eigenvalue weighted by molar-refractivity contribution is -0.384. The second-order valence-electron chi connectivity index (χ2n) is 4.97. The van der Waals surface area contributed by atoms with Crippen LogP contribution in [0, 0.1) is 10.1 Å². The first kappa shape index (κ1) is 18.9. The number of nitro benzene ring substituents is 1. The van der Waals surface area contributed by atoms with Crippen molar-refractivity contribution in [2.75, 3.05) is 7.11 Å². The van der Waals surface area contributed by atoms with Gasteiger partial charge in [-0.3, -0.25) is 30.6 Å². The molecule has 26 heavy (non-hydrogen) atoms. The molecule has 0 aromatic heterocycles. The van der Waals surface area contributed by atoms with Crippen LogP contribution in [0.3, 0.4) is 0 Å². The maximum absolute atomic E-state index is 12.0. The third-order valence-electron chi connectivity index (χ3n) is 3.25. The van der Waals surface area contributed by atoms with E-state index >= 15 is 0 Å². The summed E-state index contributed by atoms with van der Waals surface area (Å²) < 4.78 is 5.03. The summed E-state index contributed by atoms with van der Waals surface area (Å²) in [7, 11) is 1.55. The summed E-state index contributed by atoms with van der Waals surface area (Å²) in [5.74, 6) is -0.593. The van der Waals surface area contributed by atoms with E-state index in [0.717, 1.165) is 11.6 Å². The lowest BCUT2D eigenvalue weighted by atomic mass is 10.2. The predicted octanol–water partition coefficient (Wildman–Crippen LogP) is 2.73. The van der Waals surface area contributed by atoms with Gasteiger partial charge in [-0.05, 0) is 35.9 Å². The molecule has 9 heteroatoms. The Morgan fingerprint density at radius 2 is 1.85 bits per heavy atom. The van der Waals surface area contributed by atoms with E-state index in [9.17, 15) is 19.7 Å². The zero-order valence-electron chi connectivity index (χ0n) is 13.6. The van der Waals surface area contributed by atoms with Crippen LogP contribution in [0.4, 0.5) is 5.69 Å². The summed E-state index contributed by atoms with van der Waals surface area (Å²) in [5, 5.41) is 10.7. The fraction of sp³-hybridized carbons (Fsp3) is 0.0588. The Morgan fingerprint density at radius 3 is 2.46 bits per heavy atom. The van der Waals surface area contributed by atoms with Crippen LogP contribution in [0.25, 0.3) is 6.08 Å². The van der Waals surface area contributed by atoms with Crippen molar-refractivity contribution in [1.29, 1.82) is 0 Å². The van der Waals surface area contributed by atoms with Gasteiger partial charge in [0.1, 0.15) is 10.8 Å². The molecule has 2 aromatic carbocycles. The summed E-state index contributed by atoms with van der Waals surface area (Å²) in [6.07, 6.45) is 2.78. The Bertz CT molecular complexity index is 865. The highest BCUT2D eigenvalue weighted by Crippen LogP contribution is 2.24. The third-order valence-corrected chi connectivity index (χ3v) is 3.57. The van der Waals surface area contributed by atoms with Crippen molar-refractivity contribution in [3.05, 3.63) is 74.8 Å². The summed E-state index contributed by atoms with van der Waals surface area (Å²) >= 11 is 5.68. The van der Waals surface area contributed by atoms with Gasteiger partial charge in [0.05, 0.1) is 12.0 Å². The third kappa shape index (κ3) is 5.05. The summed E-state index contributed by atoms with van der Waals surface area (Å²) in [5.41, 5.74) is 4.70. The molecule has 2 rings (SSSR count). The van der Waals surface area contributed by atoms with Gasteiger partial charge in [-0.25, -0.2) is 0 Å². The fourth-order valence-corrected chi connectivity index (χ4v) is 2.10. The SMILES string of the molecule is COc1ccc(C=CC(=O)NNC(=O)c2ccc(Cl)c([N+](=O)[O-])c2)cc1. The van der Waals surface area contributed by atoms with Gasteiger partial charge < -0.3 is 4.74 Å². The van der Waals surface area contributed by atoms with E-state index in [2.05, 4.69) is 10.9 Å². The zero-order chi connectivity index (χ0) is 19.1. The molecular formula is C17H14ClN3O5. The standard InChI is InChI=1S/C17H14ClN3O5/c1-26-13-6-2-11(3-7-13)4-9-16(22)19-20-17(23)12-5-8-14(18)15(10-12)21(24)25/h2-10H,1H3,(H,19,22)(H,20,23). The van der Waals surface area contributed by atoms with E-state index < -0.39 is 22.4 Å². The van der Waals surface area contributed by atoms with Gasteiger partial charge in [-0.15, -0.1) is 0 Å². The number of hydrogen-bond acceptors (Lipinski definition) is 5. The van der Waals surface area contributed by atoms with Gasteiger partial charge in [-0.2, -0.15) is 0 Å². The van der Waals surface area contributed by atoms with Crippen LogP contribution in [0.15, 0.2) is 48.5 Å². The first-order valence-corrected chi connectivity index (χ1v) is 7.65. The number of benzene rings is 2. The number of halogens is 1. The maximum atomic E-state index is 12.0. The summed E-state index contributed by atoms with van der Waals surface area (Å²) in [4.78, 5) is 33.8. The quantitative estimate of drug-likeness (QED) is 0.474. The largest absolute Gasteiger partial charge is 0.497 e. The lowest BCUT2D eigenvalue weighted by Crippen LogP contribution is -2.40. The molecule has 134 valence electrons. The average Bonchev–Trinajstić information content (AvgIpc) is 2.64. The molecule has 0 aliphatic carbocycles. The molecule has 0 heterocycles. The molecule has 2 amide bonds. The topological polar surface area (TPSA) is 111 Å². The highest BCUT2D eigenvalue weighted by Gasteiger charge is 2.16. The Labute approximate surface area is 153 Å². The number of ether oxygens (including phenoxy) is 1. The van der Waals surface area contributed by atoms with Crippen molar-refractivity contribution >= 4 is 35.2 Å². The van der Waals surface area contributed by atoms with Crippen LogP contribution in [-0.2, 0) is 4.79 Å². The van der Waals surface area contributed by atoms with Crippen molar-refractivity contribution in [2.24, 2.45) is 0 Å². The van der Waals surface area contributed by atoms with E-state index in [1.165, 1.54) is 18.2 Å². The molecule has 2 aromatic rings. The molecule has 0 saturated heterocycles. The summed E-state index contributed by atoms with van der Waals surface area (Å²) in [6.45, 7) is 0. The first-order chi connectivity index (χ1) is 12.4. The molecule has 8 nitrogen and oxygen atoms in total. The zero-order valence-corrected chi connectivity index (χ0v) is 14.3. The van der Waals surface area contributed by atoms with Crippen molar-refractivity contribution in [3.8, 4) is 5.75 Å². The Hall–Kier alpha value is -3.39. The van der Waals surface area contributed by atoms with E-state index in [-0.39, 0.29) is 10.6 Å². The number of carbonyl (C=O) groups is 2. The molecule has 0 aliphatic heterocycles. The molecule has 0 atom stereocenters. The van der Waals surface area contributed by atoms with Crippen LogP contribution in [-0.4, -0.2) is 23.8 Å². The fourth-order valence-electron chi connectivity index (χ4n) is 1.91. The molecule has 0 bridgehead atoms. The van der Waals surface area contributed by atoms with Crippen LogP contribution in [0.5, 0.6) is 5.75 Å². The number of rotatable bonds is 5. The Morgan fingerprint density at radius 1 is 1.15 bits per heavy atom. The predicted molar refractivity (Wildman–Crippen MR) is 95.7 cm³/mol. The highest BCUT2D eigenvalue weighted by atomic mass is 35.5. The van der Waals surface area contributed by atoms with Gasteiger partial charge in [0, 0.05) is 17.7 Å². The second kappa shape index (κ2) is 8.63. The first-order valence-electron chi connectivity index (χ1n) is 7.27. The molecule has 0 spiro atoms. The second-order valence-corrected chi connectivity index (χ2v) is 5.38. The Balaban J connectivity index is 1.94. The van der Waals surface area contributed by atoms with E-state index in [1.54, 1.807) is 37.5 Å². The molecular weight excluding hydrogens is 362 g/mol. The number of nitrogens with zero attached hydrogens (tertiary/aromatic N) is 1. The molecule has 0 unspecified atom stereocenters. The van der Waals surface area contributed by atoms with E-state index in [0.29, 0.717) is 5.75 Å². The van der Waals surface area contributed by atoms with Crippen molar-refractivity contribution in [1.82, 2.24) is 10.9 Å². The monoisotopic (exact) mass is 375 g/mol. The number of carbonyl (C=O) groups excluding carboxylic acids is 2. The van der Waals surface area contributed by atoms with E-state index in [1.807, 2.05) is 0 Å². The number of hydrogen-bond donors (Lipinski definition) is 2. The normalized spacial score (nSPS) is 10.4. The van der Waals surface area contributed by atoms with Crippen LogP contribution in [0.2, 0.25) is 5.02 Å². The van der Waals surface area contributed by atoms with Crippen LogP contribution < -0.4 is 15.6 Å². The molecule has 0 fully saturated rings. The number of amides is 2. The average molecular weight is 376 g/mol. The van der Waals surface area contributed by atoms with Crippen molar-refractivity contribution < 1.29 is 19.2 Å². The van der Waals surface area contributed by atoms with E-state index in [4.69, 9.17) is 16.3 Å². The smallest absolute Gasteiger partial charge is 0.288 e. The van der Waals surface area contributed by atoms with Gasteiger partial charge in [0.15, 0.2) is 0 Å². The molecule has 0 saturated carbocycles. The highest BCUT2D eigenvalue weighted by molar-refractivity contribution is 6.32. The van der Waals surface area contributed by atoms with Crippen molar-refractivity contribution in [2.45, 2.75) is 0 Å². The minimum atomic E-state index is -0.712. The molecule has 0 radical (unpaired) electrons. The van der Waals surface area contributed by atoms with Gasteiger partial charge in [0.2, 0.25) is 0 Å². The van der Waals surface area contributed by atoms with Crippen molar-refractivity contribution in [3.63, 3.8) is 0 Å². The number of methoxy groups -OCH3 is 1. The number of nitro groups is 1. The number of nitrogens with one attached hydrogen (secondary N) is 2. The van der Waals surface area contributed by atoms with Crippen LogP contribution >= 0.6 is 11.6 Å². The summed E-state index contributed by atoms with van der Waals surface area (Å²) in [6, 6.07) is 10.6. The minimum Gasteiger partial charge on any atom is -0.497 e. The molecule has 0 aliphatic rings.